The quantitative estimate of drug-likeness (QED) is 0.232. The Balaban J connectivity index is 1.52. The number of benzene rings is 1. The van der Waals surface area contributed by atoms with Gasteiger partial charge in [-0.25, -0.2) is 5.43 Å². The summed E-state index contributed by atoms with van der Waals surface area (Å²) in [5, 5.41) is 13.2. The number of pyridine rings is 2. The zero-order valence-electron chi connectivity index (χ0n) is 17.8. The molecule has 0 unspecified atom stereocenters. The summed E-state index contributed by atoms with van der Waals surface area (Å²) >= 11 is 1.26. The van der Waals surface area contributed by atoms with Gasteiger partial charge in [0.1, 0.15) is 5.75 Å². The second-order valence-electron chi connectivity index (χ2n) is 6.65. The summed E-state index contributed by atoms with van der Waals surface area (Å²) in [6.07, 6.45) is 6.58. The van der Waals surface area contributed by atoms with Gasteiger partial charge < -0.3 is 4.74 Å². The predicted molar refractivity (Wildman–Crippen MR) is 126 cm³/mol. The molecule has 10 heteroatoms. The summed E-state index contributed by atoms with van der Waals surface area (Å²) in [5.74, 6) is 1.25. The van der Waals surface area contributed by atoms with Gasteiger partial charge in [-0.05, 0) is 55.5 Å². The molecule has 9 nitrogen and oxygen atoms in total. The monoisotopic (exact) mass is 459 g/mol. The van der Waals surface area contributed by atoms with Crippen LogP contribution in [0.2, 0.25) is 0 Å². The number of thioether (sulfide) groups is 1. The molecule has 1 amide bonds. The number of rotatable bonds is 9. The van der Waals surface area contributed by atoms with E-state index in [0.717, 1.165) is 17.0 Å². The van der Waals surface area contributed by atoms with Gasteiger partial charge in [-0.2, -0.15) is 5.10 Å². The lowest BCUT2D eigenvalue weighted by atomic mass is 10.2. The fourth-order valence-corrected chi connectivity index (χ4v) is 3.67. The van der Waals surface area contributed by atoms with Gasteiger partial charge in [0.05, 0.1) is 24.3 Å². The smallest absolute Gasteiger partial charge is 0.250 e. The van der Waals surface area contributed by atoms with Crippen molar-refractivity contribution in [1.82, 2.24) is 30.2 Å². The summed E-state index contributed by atoms with van der Waals surface area (Å²) in [5.41, 5.74) is 4.82. The molecule has 0 bridgehead atoms. The van der Waals surface area contributed by atoms with E-state index in [1.165, 1.54) is 18.0 Å². The van der Waals surface area contributed by atoms with Crippen LogP contribution in [0.15, 0.2) is 83.4 Å². The zero-order chi connectivity index (χ0) is 22.9. The summed E-state index contributed by atoms with van der Waals surface area (Å²) in [7, 11) is 0. The Labute approximate surface area is 195 Å². The lowest BCUT2D eigenvalue weighted by Gasteiger charge is -2.11. The minimum Gasteiger partial charge on any atom is -0.494 e. The van der Waals surface area contributed by atoms with Crippen molar-refractivity contribution in [3.05, 3.63) is 78.9 Å². The maximum Gasteiger partial charge on any atom is 0.250 e. The summed E-state index contributed by atoms with van der Waals surface area (Å²) in [6.45, 7) is 2.53. The molecule has 166 valence electrons. The number of amides is 1. The highest BCUT2D eigenvalue weighted by Crippen LogP contribution is 2.28. The Bertz CT molecular complexity index is 1210. The summed E-state index contributed by atoms with van der Waals surface area (Å²) in [4.78, 5) is 20.6. The zero-order valence-corrected chi connectivity index (χ0v) is 18.6. The number of aromatic nitrogens is 5. The molecule has 1 aromatic carbocycles. The normalized spacial score (nSPS) is 10.9. The van der Waals surface area contributed by atoms with E-state index in [9.17, 15) is 4.79 Å². The largest absolute Gasteiger partial charge is 0.494 e. The van der Waals surface area contributed by atoms with Crippen molar-refractivity contribution < 1.29 is 9.53 Å². The van der Waals surface area contributed by atoms with Gasteiger partial charge in [-0.3, -0.25) is 19.3 Å². The highest BCUT2D eigenvalue weighted by molar-refractivity contribution is 7.99. The fourth-order valence-electron chi connectivity index (χ4n) is 2.92. The van der Waals surface area contributed by atoms with E-state index < -0.39 is 0 Å². The van der Waals surface area contributed by atoms with Gasteiger partial charge >= 0.3 is 0 Å². The molecular formula is C23H21N7O2S. The van der Waals surface area contributed by atoms with E-state index in [0.29, 0.717) is 23.3 Å². The first-order chi connectivity index (χ1) is 16.2. The molecule has 3 heterocycles. The van der Waals surface area contributed by atoms with Crippen LogP contribution in [0.1, 0.15) is 12.6 Å². The maximum atomic E-state index is 12.3. The third-order valence-corrected chi connectivity index (χ3v) is 5.29. The third-order valence-electron chi connectivity index (χ3n) is 4.37. The number of hydrazone groups is 1. The molecule has 3 aromatic heterocycles. The number of nitrogens with zero attached hydrogens (tertiary/aromatic N) is 6. The topological polar surface area (TPSA) is 107 Å². The second-order valence-corrected chi connectivity index (χ2v) is 7.59. The van der Waals surface area contributed by atoms with Crippen LogP contribution in [-0.4, -0.2) is 49.2 Å². The van der Waals surface area contributed by atoms with Crippen LogP contribution in [-0.2, 0) is 4.79 Å². The van der Waals surface area contributed by atoms with Crippen LogP contribution in [0.3, 0.4) is 0 Å². The van der Waals surface area contributed by atoms with Crippen molar-refractivity contribution in [2.75, 3.05) is 12.4 Å². The van der Waals surface area contributed by atoms with E-state index in [1.807, 2.05) is 60.0 Å². The van der Waals surface area contributed by atoms with Gasteiger partial charge in [-0.15, -0.1) is 10.2 Å². The number of carbonyl (C=O) groups is 1. The first-order valence-electron chi connectivity index (χ1n) is 10.2. The van der Waals surface area contributed by atoms with Gasteiger partial charge in [0.2, 0.25) is 0 Å². The molecule has 0 saturated carbocycles. The van der Waals surface area contributed by atoms with E-state index in [-0.39, 0.29) is 11.7 Å². The SMILES string of the molecule is CCOc1ccc(-n2c(SCC(=O)N/N=C\c3ccccn3)nnc2-c2cccnc2)cc1. The fraction of sp³-hybridized carbons (Fsp3) is 0.130. The Morgan fingerprint density at radius 1 is 1.12 bits per heavy atom. The van der Waals surface area contributed by atoms with Crippen molar-refractivity contribution in [3.63, 3.8) is 0 Å². The van der Waals surface area contributed by atoms with E-state index in [2.05, 4.69) is 30.7 Å². The molecular weight excluding hydrogens is 438 g/mol. The van der Waals surface area contributed by atoms with Crippen LogP contribution < -0.4 is 10.2 Å². The minimum atomic E-state index is -0.267. The molecule has 0 spiro atoms. The standard InChI is InChI=1S/C23H21N7O2S/c1-2-32-20-10-8-19(9-11-20)30-22(17-6-5-12-24-14-17)28-29-23(30)33-16-21(31)27-26-15-18-7-3-4-13-25-18/h3-15H,2,16H2,1H3,(H,27,31)/b26-15-. The average molecular weight is 460 g/mol. The molecule has 4 aromatic rings. The van der Waals surface area contributed by atoms with E-state index in [1.54, 1.807) is 24.7 Å². The molecule has 0 saturated heterocycles. The predicted octanol–water partition coefficient (Wildman–Crippen LogP) is 3.37. The number of hydrogen-bond acceptors (Lipinski definition) is 8. The lowest BCUT2D eigenvalue weighted by molar-refractivity contribution is -0.118. The van der Waals surface area contributed by atoms with Crippen LogP contribution >= 0.6 is 11.8 Å². The third kappa shape index (κ3) is 5.80. The maximum absolute atomic E-state index is 12.3. The van der Waals surface area contributed by atoms with Gasteiger partial charge in [0.15, 0.2) is 11.0 Å². The second kappa shape index (κ2) is 11.0. The summed E-state index contributed by atoms with van der Waals surface area (Å²) < 4.78 is 7.44. The molecule has 0 aliphatic heterocycles. The molecule has 4 rings (SSSR count). The number of carbonyl (C=O) groups excluding carboxylic acids is 1. The molecule has 0 aliphatic rings. The molecule has 33 heavy (non-hydrogen) atoms. The Morgan fingerprint density at radius 2 is 2.00 bits per heavy atom. The number of ether oxygens (including phenoxy) is 1. The molecule has 1 N–H and O–H groups in total. The highest BCUT2D eigenvalue weighted by Gasteiger charge is 2.17. The number of nitrogens with one attached hydrogen (secondary N) is 1. The molecule has 0 fully saturated rings. The minimum absolute atomic E-state index is 0.113. The number of hydrogen-bond donors (Lipinski definition) is 1. The van der Waals surface area contributed by atoms with Gasteiger partial charge in [0, 0.05) is 29.8 Å². The van der Waals surface area contributed by atoms with Crippen molar-refractivity contribution in [2.45, 2.75) is 12.1 Å². The Morgan fingerprint density at radius 3 is 2.73 bits per heavy atom. The van der Waals surface area contributed by atoms with Crippen LogP contribution in [0.25, 0.3) is 17.1 Å². The van der Waals surface area contributed by atoms with Crippen LogP contribution in [0, 0.1) is 0 Å². The van der Waals surface area contributed by atoms with E-state index >= 15 is 0 Å². The Kier molecular flexibility index (Phi) is 7.39. The summed E-state index contributed by atoms with van der Waals surface area (Å²) in [6, 6.07) is 16.8. The van der Waals surface area contributed by atoms with Crippen molar-refractivity contribution in [1.29, 1.82) is 0 Å². The van der Waals surface area contributed by atoms with Crippen LogP contribution in [0.4, 0.5) is 0 Å². The first kappa shape index (κ1) is 22.2. The highest BCUT2D eigenvalue weighted by atomic mass is 32.2. The van der Waals surface area contributed by atoms with Crippen LogP contribution in [0.5, 0.6) is 5.75 Å². The van der Waals surface area contributed by atoms with Crippen molar-refractivity contribution >= 4 is 23.9 Å². The molecule has 0 aliphatic carbocycles. The van der Waals surface area contributed by atoms with Crippen molar-refractivity contribution in [2.24, 2.45) is 5.10 Å². The lowest BCUT2D eigenvalue weighted by Crippen LogP contribution is -2.20. The average Bonchev–Trinajstić information content (AvgIpc) is 3.29. The molecule has 0 atom stereocenters. The Hall–Kier alpha value is -4.05. The first-order valence-corrected chi connectivity index (χ1v) is 11.2. The van der Waals surface area contributed by atoms with Gasteiger partial charge in [0.25, 0.3) is 5.91 Å². The van der Waals surface area contributed by atoms with Gasteiger partial charge in [-0.1, -0.05) is 17.8 Å². The van der Waals surface area contributed by atoms with E-state index in [4.69, 9.17) is 4.74 Å². The molecule has 0 radical (unpaired) electrons. The van der Waals surface area contributed by atoms with Crippen molar-refractivity contribution in [3.8, 4) is 22.8 Å².